The highest BCUT2D eigenvalue weighted by Gasteiger charge is 2.19. The van der Waals surface area contributed by atoms with E-state index in [9.17, 15) is 0 Å². The zero-order valence-corrected chi connectivity index (χ0v) is 8.65. The van der Waals surface area contributed by atoms with Gasteiger partial charge < -0.3 is 5.32 Å². The molecule has 0 bridgehead atoms. The van der Waals surface area contributed by atoms with E-state index in [1.807, 2.05) is 0 Å². The SMILES string of the molecule is CCC(NC)C(CC)C(C)C. The minimum atomic E-state index is 0.708. The Morgan fingerprint density at radius 3 is 1.73 bits per heavy atom. The van der Waals surface area contributed by atoms with E-state index in [-0.39, 0.29) is 0 Å². The first-order valence-corrected chi connectivity index (χ1v) is 4.84. The first-order chi connectivity index (χ1) is 5.17. The molecule has 0 aromatic carbocycles. The lowest BCUT2D eigenvalue weighted by molar-refractivity contribution is 0.272. The zero-order valence-electron chi connectivity index (χ0n) is 8.65. The second kappa shape index (κ2) is 5.59. The molecule has 0 saturated carbocycles. The van der Waals surface area contributed by atoms with Gasteiger partial charge in [0.25, 0.3) is 0 Å². The Morgan fingerprint density at radius 1 is 1.09 bits per heavy atom. The molecule has 0 rings (SSSR count). The molecular formula is C10H23N. The monoisotopic (exact) mass is 157 g/mol. The molecule has 0 radical (unpaired) electrons. The molecule has 1 heteroatoms. The van der Waals surface area contributed by atoms with Crippen LogP contribution in [0.3, 0.4) is 0 Å². The van der Waals surface area contributed by atoms with E-state index in [0.717, 1.165) is 11.8 Å². The Morgan fingerprint density at radius 2 is 1.64 bits per heavy atom. The normalized spacial score (nSPS) is 16.9. The predicted molar refractivity (Wildman–Crippen MR) is 51.8 cm³/mol. The highest BCUT2D eigenvalue weighted by atomic mass is 14.9. The summed E-state index contributed by atoms with van der Waals surface area (Å²) in [6, 6.07) is 0.708. The molecule has 1 nitrogen and oxygen atoms in total. The summed E-state index contributed by atoms with van der Waals surface area (Å²) in [4.78, 5) is 0. The highest BCUT2D eigenvalue weighted by Crippen LogP contribution is 2.20. The van der Waals surface area contributed by atoms with Crippen molar-refractivity contribution in [3.8, 4) is 0 Å². The summed E-state index contributed by atoms with van der Waals surface area (Å²) in [5, 5.41) is 3.38. The van der Waals surface area contributed by atoms with Crippen LogP contribution >= 0.6 is 0 Å². The van der Waals surface area contributed by atoms with Gasteiger partial charge >= 0.3 is 0 Å². The van der Waals surface area contributed by atoms with E-state index in [1.165, 1.54) is 12.8 Å². The molecule has 2 unspecified atom stereocenters. The van der Waals surface area contributed by atoms with E-state index in [0.29, 0.717) is 6.04 Å². The average Bonchev–Trinajstić information content (AvgIpc) is 1.99. The van der Waals surface area contributed by atoms with E-state index in [2.05, 4.69) is 40.1 Å². The van der Waals surface area contributed by atoms with E-state index < -0.39 is 0 Å². The number of rotatable bonds is 5. The molecular weight excluding hydrogens is 134 g/mol. The lowest BCUT2D eigenvalue weighted by Gasteiger charge is -2.28. The standard InChI is InChI=1S/C10H23N/c1-6-9(8(3)4)10(7-2)11-5/h8-11H,6-7H2,1-5H3. The summed E-state index contributed by atoms with van der Waals surface area (Å²) in [6.07, 6.45) is 2.53. The maximum Gasteiger partial charge on any atom is 0.00920 e. The smallest absolute Gasteiger partial charge is 0.00920 e. The van der Waals surface area contributed by atoms with Crippen LogP contribution < -0.4 is 5.32 Å². The van der Waals surface area contributed by atoms with Crippen molar-refractivity contribution in [3.63, 3.8) is 0 Å². The Bertz CT molecular complexity index is 84.9. The quantitative estimate of drug-likeness (QED) is 0.647. The zero-order chi connectivity index (χ0) is 8.85. The van der Waals surface area contributed by atoms with Crippen LogP contribution in [-0.2, 0) is 0 Å². The van der Waals surface area contributed by atoms with Crippen molar-refractivity contribution in [2.45, 2.75) is 46.6 Å². The summed E-state index contributed by atoms with van der Waals surface area (Å²) < 4.78 is 0. The van der Waals surface area contributed by atoms with Crippen LogP contribution in [-0.4, -0.2) is 13.1 Å². The molecule has 0 saturated heterocycles. The van der Waals surface area contributed by atoms with Crippen LogP contribution in [0.5, 0.6) is 0 Å². The fraction of sp³-hybridized carbons (Fsp3) is 1.00. The van der Waals surface area contributed by atoms with Crippen molar-refractivity contribution in [1.82, 2.24) is 5.32 Å². The van der Waals surface area contributed by atoms with Crippen LogP contribution in [0.2, 0.25) is 0 Å². The molecule has 0 fully saturated rings. The summed E-state index contributed by atoms with van der Waals surface area (Å²) in [6.45, 7) is 9.17. The second-order valence-electron chi connectivity index (χ2n) is 3.62. The predicted octanol–water partition coefficient (Wildman–Crippen LogP) is 2.67. The minimum absolute atomic E-state index is 0.708. The Balaban J connectivity index is 3.98. The maximum atomic E-state index is 3.38. The van der Waals surface area contributed by atoms with Crippen molar-refractivity contribution in [3.05, 3.63) is 0 Å². The fourth-order valence-electron chi connectivity index (χ4n) is 1.94. The number of nitrogens with one attached hydrogen (secondary N) is 1. The molecule has 0 amide bonds. The van der Waals surface area contributed by atoms with Gasteiger partial charge in [-0.15, -0.1) is 0 Å². The van der Waals surface area contributed by atoms with Gasteiger partial charge in [-0.25, -0.2) is 0 Å². The van der Waals surface area contributed by atoms with Gasteiger partial charge in [-0.05, 0) is 25.3 Å². The van der Waals surface area contributed by atoms with E-state index in [4.69, 9.17) is 0 Å². The first kappa shape index (κ1) is 11.0. The topological polar surface area (TPSA) is 12.0 Å². The van der Waals surface area contributed by atoms with Gasteiger partial charge in [-0.1, -0.05) is 34.1 Å². The minimum Gasteiger partial charge on any atom is -0.317 e. The molecule has 0 aliphatic rings. The van der Waals surface area contributed by atoms with Gasteiger partial charge in [0.2, 0.25) is 0 Å². The summed E-state index contributed by atoms with van der Waals surface area (Å²) >= 11 is 0. The third-order valence-electron chi connectivity index (χ3n) is 2.66. The summed E-state index contributed by atoms with van der Waals surface area (Å²) in [7, 11) is 2.07. The molecule has 68 valence electrons. The maximum absolute atomic E-state index is 3.38. The molecule has 11 heavy (non-hydrogen) atoms. The average molecular weight is 157 g/mol. The van der Waals surface area contributed by atoms with Gasteiger partial charge in [-0.3, -0.25) is 0 Å². The van der Waals surface area contributed by atoms with Gasteiger partial charge in [0.1, 0.15) is 0 Å². The van der Waals surface area contributed by atoms with Crippen LogP contribution in [0.1, 0.15) is 40.5 Å². The van der Waals surface area contributed by atoms with E-state index >= 15 is 0 Å². The Labute approximate surface area is 71.6 Å². The number of hydrogen-bond donors (Lipinski definition) is 1. The third kappa shape index (κ3) is 3.24. The molecule has 0 heterocycles. The van der Waals surface area contributed by atoms with Gasteiger partial charge in [-0.2, -0.15) is 0 Å². The van der Waals surface area contributed by atoms with Gasteiger partial charge in [0, 0.05) is 6.04 Å². The Kier molecular flexibility index (Phi) is 5.57. The Hall–Kier alpha value is -0.0400. The van der Waals surface area contributed by atoms with Gasteiger partial charge in [0.15, 0.2) is 0 Å². The van der Waals surface area contributed by atoms with Gasteiger partial charge in [0.05, 0.1) is 0 Å². The summed E-state index contributed by atoms with van der Waals surface area (Å²) in [5.74, 6) is 1.64. The van der Waals surface area contributed by atoms with Crippen molar-refractivity contribution in [1.29, 1.82) is 0 Å². The van der Waals surface area contributed by atoms with Crippen LogP contribution in [0.25, 0.3) is 0 Å². The third-order valence-corrected chi connectivity index (χ3v) is 2.66. The lowest BCUT2D eigenvalue weighted by atomic mass is 9.85. The molecule has 1 N–H and O–H groups in total. The highest BCUT2D eigenvalue weighted by molar-refractivity contribution is 4.74. The van der Waals surface area contributed by atoms with E-state index in [1.54, 1.807) is 0 Å². The molecule has 0 spiro atoms. The van der Waals surface area contributed by atoms with Crippen molar-refractivity contribution in [2.24, 2.45) is 11.8 Å². The van der Waals surface area contributed by atoms with Crippen molar-refractivity contribution < 1.29 is 0 Å². The van der Waals surface area contributed by atoms with Crippen LogP contribution in [0.15, 0.2) is 0 Å². The van der Waals surface area contributed by atoms with Crippen molar-refractivity contribution >= 4 is 0 Å². The lowest BCUT2D eigenvalue weighted by Crippen LogP contribution is -2.35. The largest absolute Gasteiger partial charge is 0.317 e. The number of hydrogen-bond acceptors (Lipinski definition) is 1. The molecule has 0 aliphatic carbocycles. The van der Waals surface area contributed by atoms with Crippen molar-refractivity contribution in [2.75, 3.05) is 7.05 Å². The molecule has 0 aromatic rings. The van der Waals surface area contributed by atoms with Crippen LogP contribution in [0.4, 0.5) is 0 Å². The first-order valence-electron chi connectivity index (χ1n) is 4.84. The van der Waals surface area contributed by atoms with Crippen LogP contribution in [0, 0.1) is 11.8 Å². The fourth-order valence-corrected chi connectivity index (χ4v) is 1.94. The summed E-state index contributed by atoms with van der Waals surface area (Å²) in [5.41, 5.74) is 0. The molecule has 0 aliphatic heterocycles. The molecule has 2 atom stereocenters. The molecule has 0 aromatic heterocycles. The second-order valence-corrected chi connectivity index (χ2v) is 3.62.